The molecule has 1 unspecified atom stereocenters. The molecule has 4 nitrogen and oxygen atoms in total. The molecule has 1 aromatic carbocycles. The van der Waals surface area contributed by atoms with Gasteiger partial charge in [-0.25, -0.2) is 0 Å². The molecule has 1 atom stereocenters. The van der Waals surface area contributed by atoms with Crippen molar-refractivity contribution in [1.82, 2.24) is 0 Å². The summed E-state index contributed by atoms with van der Waals surface area (Å²) in [5.74, 6) is 0.796. The maximum Gasteiger partial charge on any atom is 0.180 e. The Morgan fingerprint density at radius 2 is 2.06 bits per heavy atom. The molecule has 4 heteroatoms. The third-order valence-electron chi connectivity index (χ3n) is 2.59. The second kappa shape index (κ2) is 6.78. The zero-order chi connectivity index (χ0) is 12.7. The van der Waals surface area contributed by atoms with Crippen LogP contribution in [0.15, 0.2) is 29.4 Å². The Morgan fingerprint density at radius 3 is 2.59 bits per heavy atom. The van der Waals surface area contributed by atoms with Crippen molar-refractivity contribution >= 4 is 5.84 Å². The van der Waals surface area contributed by atoms with Crippen molar-refractivity contribution in [3.05, 3.63) is 29.8 Å². The second-order valence-electron chi connectivity index (χ2n) is 4.03. The molecule has 0 radical (unpaired) electrons. The van der Waals surface area contributed by atoms with Gasteiger partial charge in [0.05, 0.1) is 0 Å². The molecule has 0 heterocycles. The standard InChI is InChI=1S/C13H20N2O2/c1-3-4-5-11-6-8-12(9-7-11)17-10(2)13(14)15-16/h6-10,16H,3-5H2,1-2H3,(H2,14,15). The number of aryl methyl sites for hydroxylation is 1. The van der Waals surface area contributed by atoms with Gasteiger partial charge in [-0.1, -0.05) is 30.6 Å². The third kappa shape index (κ3) is 4.34. The fraction of sp³-hybridized carbons (Fsp3) is 0.462. The molecule has 3 N–H and O–H groups in total. The van der Waals surface area contributed by atoms with E-state index in [4.69, 9.17) is 15.7 Å². The Hall–Kier alpha value is -1.71. The van der Waals surface area contributed by atoms with Gasteiger partial charge in [0.2, 0.25) is 0 Å². The number of hydrogen-bond acceptors (Lipinski definition) is 3. The normalized spacial score (nSPS) is 13.4. The minimum atomic E-state index is -0.429. The largest absolute Gasteiger partial charge is 0.483 e. The third-order valence-corrected chi connectivity index (χ3v) is 2.59. The van der Waals surface area contributed by atoms with Crippen molar-refractivity contribution in [2.24, 2.45) is 10.9 Å². The van der Waals surface area contributed by atoms with Crippen LogP contribution in [0.4, 0.5) is 0 Å². The van der Waals surface area contributed by atoms with Crippen LogP contribution in [0.25, 0.3) is 0 Å². The lowest BCUT2D eigenvalue weighted by molar-refractivity contribution is 0.265. The highest BCUT2D eigenvalue weighted by Crippen LogP contribution is 2.15. The Kier molecular flexibility index (Phi) is 5.33. The van der Waals surface area contributed by atoms with Crippen LogP contribution in [0.3, 0.4) is 0 Å². The van der Waals surface area contributed by atoms with E-state index in [1.54, 1.807) is 6.92 Å². The quantitative estimate of drug-likeness (QED) is 0.345. The van der Waals surface area contributed by atoms with Crippen LogP contribution >= 0.6 is 0 Å². The minimum absolute atomic E-state index is 0.0695. The molecule has 0 aliphatic heterocycles. The van der Waals surface area contributed by atoms with Crippen LogP contribution in [0.2, 0.25) is 0 Å². The summed E-state index contributed by atoms with van der Waals surface area (Å²) in [6, 6.07) is 7.91. The van der Waals surface area contributed by atoms with Gasteiger partial charge in [-0.15, -0.1) is 0 Å². The molecule has 1 rings (SSSR count). The van der Waals surface area contributed by atoms with Gasteiger partial charge < -0.3 is 15.7 Å². The molecular weight excluding hydrogens is 216 g/mol. The number of unbranched alkanes of at least 4 members (excludes halogenated alkanes) is 1. The number of nitrogens with zero attached hydrogens (tertiary/aromatic N) is 1. The summed E-state index contributed by atoms with van der Waals surface area (Å²) < 4.78 is 5.51. The van der Waals surface area contributed by atoms with Gasteiger partial charge in [0.1, 0.15) is 5.75 Å². The molecule has 17 heavy (non-hydrogen) atoms. The summed E-state index contributed by atoms with van der Waals surface area (Å²) in [6.07, 6.45) is 3.05. The SMILES string of the molecule is CCCCc1ccc(OC(C)/C(N)=N/O)cc1. The molecule has 0 saturated heterocycles. The van der Waals surface area contributed by atoms with E-state index in [-0.39, 0.29) is 5.84 Å². The molecular formula is C13H20N2O2. The van der Waals surface area contributed by atoms with E-state index >= 15 is 0 Å². The Labute approximate surface area is 102 Å². The van der Waals surface area contributed by atoms with Gasteiger partial charge in [0, 0.05) is 0 Å². The average Bonchev–Trinajstić information content (AvgIpc) is 2.37. The summed E-state index contributed by atoms with van der Waals surface area (Å²) in [6.45, 7) is 3.91. The fourth-order valence-electron chi connectivity index (χ4n) is 1.46. The average molecular weight is 236 g/mol. The minimum Gasteiger partial charge on any atom is -0.483 e. The van der Waals surface area contributed by atoms with E-state index < -0.39 is 6.10 Å². The molecule has 0 fully saturated rings. The summed E-state index contributed by atoms with van der Waals surface area (Å²) >= 11 is 0. The predicted octanol–water partition coefficient (Wildman–Crippen LogP) is 2.54. The molecule has 0 amide bonds. The van der Waals surface area contributed by atoms with Crippen molar-refractivity contribution in [3.8, 4) is 5.75 Å². The van der Waals surface area contributed by atoms with Crippen molar-refractivity contribution in [3.63, 3.8) is 0 Å². The highest BCUT2D eigenvalue weighted by molar-refractivity contribution is 5.84. The van der Waals surface area contributed by atoms with Crippen molar-refractivity contribution in [2.45, 2.75) is 39.2 Å². The van der Waals surface area contributed by atoms with Crippen molar-refractivity contribution in [1.29, 1.82) is 0 Å². The highest BCUT2D eigenvalue weighted by atomic mass is 16.5. The maximum absolute atomic E-state index is 8.51. The molecule has 0 aliphatic rings. The predicted molar refractivity (Wildman–Crippen MR) is 68.6 cm³/mol. The van der Waals surface area contributed by atoms with Crippen LogP contribution in [0, 0.1) is 0 Å². The fourth-order valence-corrected chi connectivity index (χ4v) is 1.46. The Bertz CT molecular complexity index is 360. The van der Waals surface area contributed by atoms with Gasteiger partial charge in [-0.2, -0.15) is 0 Å². The zero-order valence-corrected chi connectivity index (χ0v) is 10.4. The van der Waals surface area contributed by atoms with E-state index in [2.05, 4.69) is 12.1 Å². The second-order valence-corrected chi connectivity index (χ2v) is 4.03. The van der Waals surface area contributed by atoms with Crippen molar-refractivity contribution < 1.29 is 9.94 Å². The topological polar surface area (TPSA) is 67.8 Å². The number of rotatable bonds is 6. The van der Waals surface area contributed by atoms with Gasteiger partial charge in [0.15, 0.2) is 11.9 Å². The van der Waals surface area contributed by atoms with Crippen LogP contribution in [-0.2, 0) is 6.42 Å². The monoisotopic (exact) mass is 236 g/mol. The molecule has 1 aromatic rings. The smallest absolute Gasteiger partial charge is 0.180 e. The number of amidine groups is 1. The first-order chi connectivity index (χ1) is 8.17. The first-order valence-corrected chi connectivity index (χ1v) is 5.90. The van der Waals surface area contributed by atoms with Crippen LogP contribution in [0.1, 0.15) is 32.3 Å². The zero-order valence-electron chi connectivity index (χ0n) is 10.4. The van der Waals surface area contributed by atoms with E-state index in [0.29, 0.717) is 0 Å². The lowest BCUT2D eigenvalue weighted by atomic mass is 10.1. The number of hydrogen-bond donors (Lipinski definition) is 2. The van der Waals surface area contributed by atoms with E-state index in [1.165, 1.54) is 18.4 Å². The van der Waals surface area contributed by atoms with Gasteiger partial charge >= 0.3 is 0 Å². The lowest BCUT2D eigenvalue weighted by Gasteiger charge is -2.13. The van der Waals surface area contributed by atoms with E-state index in [1.807, 2.05) is 24.3 Å². The molecule has 0 aliphatic carbocycles. The molecule has 0 saturated carbocycles. The van der Waals surface area contributed by atoms with Crippen molar-refractivity contribution in [2.75, 3.05) is 0 Å². The first kappa shape index (κ1) is 13.4. The molecule has 0 bridgehead atoms. The summed E-state index contributed by atoms with van der Waals surface area (Å²) in [5.41, 5.74) is 6.74. The number of ether oxygens (including phenoxy) is 1. The van der Waals surface area contributed by atoms with Crippen LogP contribution in [-0.4, -0.2) is 17.1 Å². The lowest BCUT2D eigenvalue weighted by Crippen LogP contribution is -2.31. The number of benzene rings is 1. The Balaban J connectivity index is 2.56. The summed E-state index contributed by atoms with van der Waals surface area (Å²) in [7, 11) is 0. The maximum atomic E-state index is 8.51. The van der Waals surface area contributed by atoms with E-state index in [9.17, 15) is 0 Å². The highest BCUT2D eigenvalue weighted by Gasteiger charge is 2.08. The van der Waals surface area contributed by atoms with Gasteiger partial charge in [-0.05, 0) is 37.5 Å². The first-order valence-electron chi connectivity index (χ1n) is 5.90. The molecule has 0 spiro atoms. The molecule has 0 aromatic heterocycles. The van der Waals surface area contributed by atoms with Crippen LogP contribution < -0.4 is 10.5 Å². The van der Waals surface area contributed by atoms with E-state index in [0.717, 1.165) is 12.2 Å². The summed E-state index contributed by atoms with van der Waals surface area (Å²) in [5, 5.41) is 11.4. The number of oxime groups is 1. The van der Waals surface area contributed by atoms with Gasteiger partial charge in [-0.3, -0.25) is 0 Å². The molecule has 94 valence electrons. The van der Waals surface area contributed by atoms with Gasteiger partial charge in [0.25, 0.3) is 0 Å². The Morgan fingerprint density at radius 1 is 1.41 bits per heavy atom. The number of nitrogens with two attached hydrogens (primary N) is 1. The van der Waals surface area contributed by atoms with Crippen LogP contribution in [0.5, 0.6) is 5.75 Å². The summed E-state index contributed by atoms with van der Waals surface area (Å²) in [4.78, 5) is 0.